The Morgan fingerprint density at radius 3 is 2.29 bits per heavy atom. The Bertz CT molecular complexity index is 623. The maximum Gasteiger partial charge on any atom is 0.244 e. The van der Waals surface area contributed by atoms with Crippen LogP contribution in [0.1, 0.15) is 38.8 Å². The van der Waals surface area contributed by atoms with E-state index in [1.807, 2.05) is 40.7 Å². The maximum atomic E-state index is 12.9. The monoisotopic (exact) mass is 395 g/mol. The molecular weight excluding hydrogens is 374 g/mol. The summed E-state index contributed by atoms with van der Waals surface area (Å²) in [6, 6.07) is 3.41. The molecule has 0 amide bonds. The zero-order valence-corrected chi connectivity index (χ0v) is 16.5. The van der Waals surface area contributed by atoms with E-state index in [0.29, 0.717) is 4.47 Å². The van der Waals surface area contributed by atoms with Gasteiger partial charge in [-0.25, -0.2) is 8.42 Å². The van der Waals surface area contributed by atoms with E-state index in [2.05, 4.69) is 15.9 Å². The van der Waals surface area contributed by atoms with Gasteiger partial charge in [-0.1, -0.05) is 26.8 Å². The lowest BCUT2D eigenvalue weighted by Gasteiger charge is -2.34. The molecule has 6 heteroatoms. The van der Waals surface area contributed by atoms with Gasteiger partial charge in [0.25, 0.3) is 0 Å². The van der Waals surface area contributed by atoms with E-state index < -0.39 is 10.0 Å². The highest BCUT2D eigenvalue weighted by Crippen LogP contribution is 2.33. The molecule has 0 saturated carbocycles. The lowest BCUT2D eigenvalue weighted by molar-refractivity contribution is 0.216. The van der Waals surface area contributed by atoms with Gasteiger partial charge in [0, 0.05) is 23.4 Å². The summed E-state index contributed by atoms with van der Waals surface area (Å²) >= 11 is 9.26. The van der Waals surface area contributed by atoms with E-state index >= 15 is 0 Å². The number of benzene rings is 1. The second kappa shape index (κ2) is 6.57. The summed E-state index contributed by atoms with van der Waals surface area (Å²) in [5.74, 6) is 0.287. The Kier molecular flexibility index (Phi) is 5.93. The van der Waals surface area contributed by atoms with E-state index in [0.717, 1.165) is 11.1 Å². The number of aryl methyl sites for hydroxylation is 1. The molecule has 0 heterocycles. The Morgan fingerprint density at radius 1 is 1.33 bits per heavy atom. The molecule has 1 unspecified atom stereocenters. The molecule has 1 aromatic rings. The van der Waals surface area contributed by atoms with E-state index in [1.54, 1.807) is 13.1 Å². The molecule has 0 N–H and O–H groups in total. The standard InChI is InChI=1S/C15H23BrClNO2S/c1-10-7-12(9-17)8-13(14(10)16)21(19,20)18(6)11(2)15(3,4)5/h7-8,11H,9H2,1-6H3. The van der Waals surface area contributed by atoms with Crippen LogP contribution in [0.25, 0.3) is 0 Å². The van der Waals surface area contributed by atoms with Gasteiger partial charge in [0.05, 0.1) is 4.90 Å². The number of nitrogens with zero attached hydrogens (tertiary/aromatic N) is 1. The van der Waals surface area contributed by atoms with Crippen molar-refractivity contribution in [2.75, 3.05) is 7.05 Å². The number of sulfonamides is 1. The van der Waals surface area contributed by atoms with Gasteiger partial charge in [-0.2, -0.15) is 4.31 Å². The van der Waals surface area contributed by atoms with Crippen LogP contribution >= 0.6 is 27.5 Å². The van der Waals surface area contributed by atoms with Gasteiger partial charge in [0.15, 0.2) is 0 Å². The summed E-state index contributed by atoms with van der Waals surface area (Å²) in [6.07, 6.45) is 0. The zero-order valence-electron chi connectivity index (χ0n) is 13.4. The Morgan fingerprint density at radius 2 is 1.86 bits per heavy atom. The largest absolute Gasteiger partial charge is 0.244 e. The lowest BCUT2D eigenvalue weighted by Crippen LogP contribution is -2.43. The highest BCUT2D eigenvalue weighted by Gasteiger charge is 2.33. The fourth-order valence-electron chi connectivity index (χ4n) is 1.98. The van der Waals surface area contributed by atoms with Crippen LogP contribution in [0.5, 0.6) is 0 Å². The fourth-order valence-corrected chi connectivity index (χ4v) is 4.71. The molecule has 0 bridgehead atoms. The summed E-state index contributed by atoms with van der Waals surface area (Å²) in [5, 5.41) is 0. The number of rotatable bonds is 4. The molecule has 0 aliphatic heterocycles. The smallest absolute Gasteiger partial charge is 0.207 e. The maximum absolute atomic E-state index is 12.9. The van der Waals surface area contributed by atoms with E-state index in [-0.39, 0.29) is 22.2 Å². The molecule has 3 nitrogen and oxygen atoms in total. The SMILES string of the molecule is Cc1cc(CCl)cc(S(=O)(=O)N(C)C(C)C(C)(C)C)c1Br. The van der Waals surface area contributed by atoms with Crippen molar-refractivity contribution in [3.05, 3.63) is 27.7 Å². The van der Waals surface area contributed by atoms with Crippen molar-refractivity contribution in [2.24, 2.45) is 5.41 Å². The van der Waals surface area contributed by atoms with E-state index in [1.165, 1.54) is 4.31 Å². The third-order valence-corrected chi connectivity index (χ3v) is 7.47. The number of halogens is 2. The van der Waals surface area contributed by atoms with Crippen LogP contribution in [-0.2, 0) is 15.9 Å². The topological polar surface area (TPSA) is 37.4 Å². The molecule has 1 atom stereocenters. The van der Waals surface area contributed by atoms with Crippen molar-refractivity contribution in [3.63, 3.8) is 0 Å². The van der Waals surface area contributed by atoms with E-state index in [4.69, 9.17) is 11.6 Å². The summed E-state index contributed by atoms with van der Waals surface area (Å²) in [7, 11) is -1.95. The van der Waals surface area contributed by atoms with Crippen molar-refractivity contribution in [1.82, 2.24) is 4.31 Å². The highest BCUT2D eigenvalue weighted by molar-refractivity contribution is 9.10. The Balaban J connectivity index is 3.41. The van der Waals surface area contributed by atoms with Crippen molar-refractivity contribution < 1.29 is 8.42 Å². The molecule has 21 heavy (non-hydrogen) atoms. The molecule has 120 valence electrons. The van der Waals surface area contributed by atoms with Crippen molar-refractivity contribution >= 4 is 37.6 Å². The molecule has 0 fully saturated rings. The Hall–Kier alpha value is -0.100. The second-order valence-corrected chi connectivity index (χ2v) is 9.45. The van der Waals surface area contributed by atoms with Gasteiger partial charge in [-0.15, -0.1) is 11.6 Å². The van der Waals surface area contributed by atoms with Crippen LogP contribution < -0.4 is 0 Å². The third-order valence-electron chi connectivity index (χ3n) is 3.89. The van der Waals surface area contributed by atoms with Gasteiger partial charge >= 0.3 is 0 Å². The first kappa shape index (κ1) is 18.9. The number of alkyl halides is 1. The first-order chi connectivity index (χ1) is 9.42. The zero-order chi connectivity index (χ0) is 16.6. The molecule has 0 aliphatic rings. The predicted molar refractivity (Wildman–Crippen MR) is 92.3 cm³/mol. The van der Waals surface area contributed by atoms with Crippen LogP contribution in [0.15, 0.2) is 21.5 Å². The van der Waals surface area contributed by atoms with E-state index in [9.17, 15) is 8.42 Å². The fraction of sp³-hybridized carbons (Fsp3) is 0.600. The number of hydrogen-bond donors (Lipinski definition) is 0. The quantitative estimate of drug-likeness (QED) is 0.700. The first-order valence-electron chi connectivity index (χ1n) is 6.76. The van der Waals surface area contributed by atoms with Gasteiger partial charge in [-0.3, -0.25) is 0 Å². The summed E-state index contributed by atoms with van der Waals surface area (Å²) in [5.41, 5.74) is 1.52. The Labute approximate surface area is 141 Å². The van der Waals surface area contributed by atoms with Crippen molar-refractivity contribution in [1.29, 1.82) is 0 Å². The summed E-state index contributed by atoms with van der Waals surface area (Å²) < 4.78 is 27.9. The normalized spacial score (nSPS) is 14.5. The predicted octanol–water partition coefficient (Wildman–Crippen LogP) is 4.55. The molecule has 0 aromatic heterocycles. The number of hydrogen-bond acceptors (Lipinski definition) is 2. The molecule has 0 saturated heterocycles. The van der Waals surface area contributed by atoms with Crippen molar-refractivity contribution in [3.8, 4) is 0 Å². The van der Waals surface area contributed by atoms with Crippen LogP contribution in [-0.4, -0.2) is 25.8 Å². The van der Waals surface area contributed by atoms with Gasteiger partial charge in [0.2, 0.25) is 10.0 Å². The molecule has 1 rings (SSSR count). The summed E-state index contributed by atoms with van der Waals surface area (Å²) in [4.78, 5) is 0.275. The van der Waals surface area contributed by atoms with Crippen LogP contribution in [0.4, 0.5) is 0 Å². The third kappa shape index (κ3) is 4.01. The average Bonchev–Trinajstić information content (AvgIpc) is 2.38. The van der Waals surface area contributed by atoms with Crippen LogP contribution in [0, 0.1) is 12.3 Å². The molecule has 0 spiro atoms. The van der Waals surface area contributed by atoms with Gasteiger partial charge in [0.1, 0.15) is 0 Å². The lowest BCUT2D eigenvalue weighted by atomic mass is 9.88. The minimum atomic E-state index is -3.58. The second-order valence-electron chi connectivity index (χ2n) is 6.42. The van der Waals surface area contributed by atoms with Gasteiger partial charge < -0.3 is 0 Å². The molecule has 1 aromatic carbocycles. The van der Waals surface area contributed by atoms with Crippen LogP contribution in [0.3, 0.4) is 0 Å². The summed E-state index contributed by atoms with van der Waals surface area (Å²) in [6.45, 7) is 9.87. The highest BCUT2D eigenvalue weighted by atomic mass is 79.9. The minimum absolute atomic E-state index is 0.130. The minimum Gasteiger partial charge on any atom is -0.207 e. The first-order valence-corrected chi connectivity index (χ1v) is 9.52. The average molecular weight is 397 g/mol. The molecule has 0 aliphatic carbocycles. The van der Waals surface area contributed by atoms with Crippen molar-refractivity contribution in [2.45, 2.75) is 51.4 Å². The molecular formula is C15H23BrClNO2S. The van der Waals surface area contributed by atoms with Gasteiger partial charge in [-0.05, 0) is 52.4 Å². The molecule has 0 radical (unpaired) electrons. The van der Waals surface area contributed by atoms with Crippen LogP contribution in [0.2, 0.25) is 0 Å².